The molecule has 2 heterocycles. The molecule has 0 aromatic carbocycles. The fourth-order valence-electron chi connectivity index (χ4n) is 4.28. The van der Waals surface area contributed by atoms with E-state index in [1.54, 1.807) is 0 Å². The number of nitrogens with one attached hydrogen (secondary N) is 3. The molecular formula is C17H28ClF3N4O. The van der Waals surface area contributed by atoms with Gasteiger partial charge in [-0.05, 0) is 25.2 Å². The van der Waals surface area contributed by atoms with Crippen molar-refractivity contribution in [2.75, 3.05) is 32.8 Å². The van der Waals surface area contributed by atoms with Crippen LogP contribution in [0.4, 0.5) is 13.2 Å². The Morgan fingerprint density at radius 3 is 2.77 bits per heavy atom. The van der Waals surface area contributed by atoms with Gasteiger partial charge < -0.3 is 21.1 Å². The molecule has 150 valence electrons. The summed E-state index contributed by atoms with van der Waals surface area (Å²) in [5.41, 5.74) is 6.84. The molecular weight excluding hydrogens is 369 g/mol. The van der Waals surface area contributed by atoms with Crippen molar-refractivity contribution in [1.29, 1.82) is 0 Å². The highest BCUT2D eigenvalue weighted by Gasteiger charge is 2.49. The molecule has 6 unspecified atom stereocenters. The average Bonchev–Trinajstić information content (AvgIpc) is 3.13. The maximum absolute atomic E-state index is 13.3. The smallest absolute Gasteiger partial charge is 0.361 e. The molecule has 1 saturated carbocycles. The summed E-state index contributed by atoms with van der Waals surface area (Å²) in [7, 11) is 0. The van der Waals surface area contributed by atoms with E-state index >= 15 is 0 Å². The van der Waals surface area contributed by atoms with Crippen molar-refractivity contribution in [3.8, 4) is 0 Å². The maximum Gasteiger partial charge on any atom is 0.393 e. The normalized spacial score (nSPS) is 39.0. The van der Waals surface area contributed by atoms with Crippen LogP contribution in [-0.2, 0) is 4.74 Å². The maximum atomic E-state index is 13.3. The number of halogens is 4. The van der Waals surface area contributed by atoms with E-state index in [-0.39, 0.29) is 30.7 Å². The quantitative estimate of drug-likeness (QED) is 0.419. The first-order chi connectivity index (χ1) is 12.4. The molecule has 0 radical (unpaired) electrons. The molecule has 0 aromatic rings. The molecule has 1 saturated heterocycles. The Bertz CT molecular complexity index is 505. The van der Waals surface area contributed by atoms with Crippen LogP contribution in [0.5, 0.6) is 0 Å². The van der Waals surface area contributed by atoms with E-state index in [0.29, 0.717) is 32.5 Å². The molecule has 3 rings (SSSR count). The molecule has 0 bridgehead atoms. The van der Waals surface area contributed by atoms with Gasteiger partial charge >= 0.3 is 6.18 Å². The molecule has 1 aliphatic carbocycles. The zero-order chi connectivity index (χ0) is 18.7. The predicted molar refractivity (Wildman–Crippen MR) is 94.7 cm³/mol. The Labute approximate surface area is 157 Å². The van der Waals surface area contributed by atoms with Crippen LogP contribution in [0.3, 0.4) is 0 Å². The summed E-state index contributed by atoms with van der Waals surface area (Å²) in [6.07, 6.45) is -1.45. The molecule has 0 amide bonds. The monoisotopic (exact) mass is 396 g/mol. The molecule has 0 spiro atoms. The summed E-state index contributed by atoms with van der Waals surface area (Å²) in [6.45, 7) is 3.16. The van der Waals surface area contributed by atoms with Crippen molar-refractivity contribution in [3.63, 3.8) is 0 Å². The van der Waals surface area contributed by atoms with Crippen LogP contribution in [0.25, 0.3) is 0 Å². The van der Waals surface area contributed by atoms with Crippen molar-refractivity contribution in [2.45, 2.75) is 43.2 Å². The molecule has 6 atom stereocenters. The first-order valence-electron chi connectivity index (χ1n) is 9.31. The van der Waals surface area contributed by atoms with Crippen molar-refractivity contribution in [1.82, 2.24) is 16.0 Å². The summed E-state index contributed by atoms with van der Waals surface area (Å²) < 4.78 is 45.7. The Morgan fingerprint density at radius 1 is 1.31 bits per heavy atom. The summed E-state index contributed by atoms with van der Waals surface area (Å²) in [5, 5.41) is 9.26. The van der Waals surface area contributed by atoms with Crippen LogP contribution < -0.4 is 21.7 Å². The lowest BCUT2D eigenvalue weighted by Crippen LogP contribution is -2.63. The molecule has 2 aliphatic heterocycles. The first kappa shape index (κ1) is 20.4. The lowest BCUT2D eigenvalue weighted by molar-refractivity contribution is -0.186. The van der Waals surface area contributed by atoms with Crippen molar-refractivity contribution >= 4 is 11.6 Å². The fraction of sp³-hybridized carbons (Fsp3) is 0.882. The first-order valence-corrected chi connectivity index (χ1v) is 9.75. The topological polar surface area (TPSA) is 71.3 Å². The number of ether oxygens (including phenoxy) is 1. The zero-order valence-corrected chi connectivity index (χ0v) is 15.5. The van der Waals surface area contributed by atoms with E-state index < -0.39 is 17.5 Å². The van der Waals surface area contributed by atoms with E-state index in [4.69, 9.17) is 22.1 Å². The Kier molecular flexibility index (Phi) is 6.85. The second-order valence-corrected chi connectivity index (χ2v) is 7.95. The van der Waals surface area contributed by atoms with Crippen LogP contribution in [0.1, 0.15) is 19.3 Å². The second-order valence-electron chi connectivity index (χ2n) is 7.39. The lowest BCUT2D eigenvalue weighted by Gasteiger charge is -2.44. The highest BCUT2D eigenvalue weighted by molar-refractivity contribution is 6.20. The molecule has 3 aliphatic rings. The minimum absolute atomic E-state index is 0.0425. The summed E-state index contributed by atoms with van der Waals surface area (Å²) in [6, 6.07) is 0. The Morgan fingerprint density at radius 2 is 2.12 bits per heavy atom. The van der Waals surface area contributed by atoms with Crippen LogP contribution >= 0.6 is 11.6 Å². The number of nitrogens with two attached hydrogens (primary N) is 1. The van der Waals surface area contributed by atoms with E-state index in [1.807, 2.05) is 0 Å². The highest BCUT2D eigenvalue weighted by Crippen LogP contribution is 2.43. The molecule has 9 heteroatoms. The largest absolute Gasteiger partial charge is 0.393 e. The zero-order valence-electron chi connectivity index (χ0n) is 14.7. The summed E-state index contributed by atoms with van der Waals surface area (Å²) >= 11 is 5.96. The van der Waals surface area contributed by atoms with Gasteiger partial charge in [-0.15, -0.1) is 11.6 Å². The third-order valence-electron chi connectivity index (χ3n) is 5.69. The second kappa shape index (κ2) is 8.75. The standard InChI is InChI=1S/C17H28ClF3N4O/c18-14-2-1-10(7-13(14)17(19,20)21)15-24-9-12(11-3-5-23-8-11)16(25-15)26-6-4-22/h3,10,12-16,23-25H,1-2,4-9,22H2. The van der Waals surface area contributed by atoms with Crippen molar-refractivity contribution in [2.24, 2.45) is 23.5 Å². The average molecular weight is 397 g/mol. The summed E-state index contributed by atoms with van der Waals surface area (Å²) in [4.78, 5) is 0. The number of rotatable bonds is 5. The van der Waals surface area contributed by atoms with E-state index in [2.05, 4.69) is 22.0 Å². The summed E-state index contributed by atoms with van der Waals surface area (Å²) in [5.74, 6) is -1.43. The van der Waals surface area contributed by atoms with Crippen LogP contribution in [0.2, 0.25) is 0 Å². The SMILES string of the molecule is NCCOC1NC(C2CCC(Cl)C(C(F)(F)F)C2)NCC1C1=CCNC1. The minimum Gasteiger partial charge on any atom is -0.361 e. The molecule has 0 aromatic heterocycles. The van der Waals surface area contributed by atoms with Gasteiger partial charge in [-0.3, -0.25) is 5.32 Å². The lowest BCUT2D eigenvalue weighted by atomic mass is 9.78. The van der Waals surface area contributed by atoms with E-state index in [9.17, 15) is 13.2 Å². The van der Waals surface area contributed by atoms with Gasteiger partial charge in [-0.25, -0.2) is 0 Å². The Balaban J connectivity index is 1.65. The van der Waals surface area contributed by atoms with Gasteiger partial charge in [0.15, 0.2) is 0 Å². The molecule has 5 N–H and O–H groups in total. The molecule has 2 fully saturated rings. The van der Waals surface area contributed by atoms with Gasteiger partial charge in [0.25, 0.3) is 0 Å². The predicted octanol–water partition coefficient (Wildman–Crippen LogP) is 1.54. The van der Waals surface area contributed by atoms with Gasteiger partial charge in [0.1, 0.15) is 6.23 Å². The van der Waals surface area contributed by atoms with Crippen molar-refractivity contribution in [3.05, 3.63) is 11.6 Å². The van der Waals surface area contributed by atoms with Gasteiger partial charge in [0, 0.05) is 37.5 Å². The number of hydrogen-bond donors (Lipinski definition) is 4. The number of hydrogen-bond acceptors (Lipinski definition) is 5. The highest BCUT2D eigenvalue weighted by atomic mass is 35.5. The van der Waals surface area contributed by atoms with Gasteiger partial charge in [0.2, 0.25) is 0 Å². The van der Waals surface area contributed by atoms with Crippen LogP contribution in [0, 0.1) is 17.8 Å². The van der Waals surface area contributed by atoms with Gasteiger partial charge in [-0.2, -0.15) is 13.2 Å². The van der Waals surface area contributed by atoms with Crippen LogP contribution in [-0.4, -0.2) is 56.7 Å². The van der Waals surface area contributed by atoms with E-state index in [0.717, 1.165) is 13.1 Å². The van der Waals surface area contributed by atoms with Crippen molar-refractivity contribution < 1.29 is 17.9 Å². The number of alkyl halides is 4. The minimum atomic E-state index is -4.25. The fourth-order valence-corrected chi connectivity index (χ4v) is 4.65. The third kappa shape index (κ3) is 4.72. The molecule has 26 heavy (non-hydrogen) atoms. The third-order valence-corrected chi connectivity index (χ3v) is 6.22. The van der Waals surface area contributed by atoms with Gasteiger partial charge in [0.05, 0.1) is 18.7 Å². The Hall–Kier alpha value is -0.380. The van der Waals surface area contributed by atoms with Gasteiger partial charge in [-0.1, -0.05) is 11.6 Å². The van der Waals surface area contributed by atoms with E-state index in [1.165, 1.54) is 5.57 Å². The molecule has 5 nitrogen and oxygen atoms in total. The van der Waals surface area contributed by atoms with Crippen LogP contribution in [0.15, 0.2) is 11.6 Å².